The van der Waals surface area contributed by atoms with Gasteiger partial charge in [0.2, 0.25) is 0 Å². The first kappa shape index (κ1) is 14.5. The molecule has 7 heteroatoms. The van der Waals surface area contributed by atoms with Crippen LogP contribution in [0.1, 0.15) is 23.2 Å². The maximum atomic E-state index is 11.8. The Kier molecular flexibility index (Phi) is 4.73. The summed E-state index contributed by atoms with van der Waals surface area (Å²) < 4.78 is 0. The van der Waals surface area contributed by atoms with Gasteiger partial charge in [0, 0.05) is 11.7 Å². The Morgan fingerprint density at radius 3 is 2.60 bits per heavy atom. The van der Waals surface area contributed by atoms with Gasteiger partial charge in [-0.1, -0.05) is 0 Å². The van der Waals surface area contributed by atoms with Crippen LogP contribution >= 0.6 is 11.8 Å². The van der Waals surface area contributed by atoms with Gasteiger partial charge < -0.3 is 20.8 Å². The van der Waals surface area contributed by atoms with E-state index in [9.17, 15) is 14.7 Å². The second-order valence-corrected chi connectivity index (χ2v) is 5.75. The summed E-state index contributed by atoms with van der Waals surface area (Å²) in [7, 11) is 0. The van der Waals surface area contributed by atoms with Gasteiger partial charge in [-0.05, 0) is 42.5 Å². The first-order valence-corrected chi connectivity index (χ1v) is 7.43. The van der Waals surface area contributed by atoms with Crippen LogP contribution in [0.3, 0.4) is 0 Å². The van der Waals surface area contributed by atoms with Crippen LogP contribution in [0.2, 0.25) is 0 Å². The number of phenols is 1. The molecule has 108 valence electrons. The van der Waals surface area contributed by atoms with Crippen molar-refractivity contribution < 1.29 is 19.8 Å². The second kappa shape index (κ2) is 6.51. The lowest BCUT2D eigenvalue weighted by Crippen LogP contribution is -2.39. The molecule has 1 fully saturated rings. The van der Waals surface area contributed by atoms with E-state index in [1.807, 2.05) is 11.8 Å². The molecule has 2 amide bonds. The smallest absolute Gasteiger partial charge is 0.339 e. The van der Waals surface area contributed by atoms with Crippen molar-refractivity contribution in [2.24, 2.45) is 0 Å². The van der Waals surface area contributed by atoms with E-state index in [0.717, 1.165) is 24.3 Å². The Labute approximate surface area is 120 Å². The zero-order chi connectivity index (χ0) is 14.5. The average Bonchev–Trinajstić information content (AvgIpc) is 2.41. The molecule has 4 N–H and O–H groups in total. The monoisotopic (exact) mass is 296 g/mol. The fourth-order valence-electron chi connectivity index (χ4n) is 1.98. The largest absolute Gasteiger partial charge is 0.507 e. The van der Waals surface area contributed by atoms with Crippen LogP contribution in [0.4, 0.5) is 10.5 Å². The van der Waals surface area contributed by atoms with Gasteiger partial charge in [0.05, 0.1) is 0 Å². The van der Waals surface area contributed by atoms with Crippen LogP contribution < -0.4 is 10.6 Å². The fourth-order valence-corrected chi connectivity index (χ4v) is 3.09. The van der Waals surface area contributed by atoms with E-state index in [2.05, 4.69) is 10.6 Å². The fraction of sp³-hybridized carbons (Fsp3) is 0.385. The van der Waals surface area contributed by atoms with Crippen molar-refractivity contribution in [2.45, 2.75) is 18.9 Å². The molecule has 1 heterocycles. The highest BCUT2D eigenvalue weighted by Crippen LogP contribution is 2.21. The number of aromatic hydroxyl groups is 1. The van der Waals surface area contributed by atoms with Crippen LogP contribution in [0.5, 0.6) is 5.75 Å². The van der Waals surface area contributed by atoms with E-state index >= 15 is 0 Å². The normalized spacial score (nSPS) is 15.6. The molecule has 0 saturated carbocycles. The molecule has 1 aliphatic heterocycles. The van der Waals surface area contributed by atoms with Gasteiger partial charge in [0.15, 0.2) is 0 Å². The van der Waals surface area contributed by atoms with Gasteiger partial charge in [-0.15, -0.1) is 0 Å². The Morgan fingerprint density at radius 1 is 1.25 bits per heavy atom. The molecule has 1 aliphatic rings. The first-order valence-electron chi connectivity index (χ1n) is 6.28. The SMILES string of the molecule is O=C(Nc1ccc(O)c(C(=O)O)c1)NC1CCSCC1. The number of hydrogen-bond acceptors (Lipinski definition) is 4. The number of thioether (sulfide) groups is 1. The number of anilines is 1. The summed E-state index contributed by atoms with van der Waals surface area (Å²) in [6.45, 7) is 0. The summed E-state index contributed by atoms with van der Waals surface area (Å²) in [5.41, 5.74) is 0.0970. The summed E-state index contributed by atoms with van der Waals surface area (Å²) in [5, 5.41) is 23.7. The van der Waals surface area contributed by atoms with Gasteiger partial charge in [0.25, 0.3) is 0 Å². The van der Waals surface area contributed by atoms with Crippen molar-refractivity contribution in [2.75, 3.05) is 16.8 Å². The summed E-state index contributed by atoms with van der Waals surface area (Å²) in [4.78, 5) is 22.7. The number of nitrogens with one attached hydrogen (secondary N) is 2. The third kappa shape index (κ3) is 3.80. The zero-order valence-corrected chi connectivity index (χ0v) is 11.6. The van der Waals surface area contributed by atoms with Gasteiger partial charge in [0.1, 0.15) is 11.3 Å². The lowest BCUT2D eigenvalue weighted by atomic mass is 10.1. The van der Waals surface area contributed by atoms with E-state index in [1.165, 1.54) is 18.2 Å². The van der Waals surface area contributed by atoms with E-state index in [0.29, 0.717) is 5.69 Å². The predicted octanol–water partition coefficient (Wildman–Crippen LogP) is 2.11. The molecule has 0 bridgehead atoms. The van der Waals surface area contributed by atoms with Crippen molar-refractivity contribution in [3.8, 4) is 5.75 Å². The van der Waals surface area contributed by atoms with Gasteiger partial charge in [-0.25, -0.2) is 9.59 Å². The van der Waals surface area contributed by atoms with E-state index in [-0.39, 0.29) is 23.4 Å². The van der Waals surface area contributed by atoms with Crippen molar-refractivity contribution in [1.82, 2.24) is 5.32 Å². The number of amides is 2. The second-order valence-electron chi connectivity index (χ2n) is 4.52. The molecule has 1 saturated heterocycles. The van der Waals surface area contributed by atoms with Gasteiger partial charge >= 0.3 is 12.0 Å². The Balaban J connectivity index is 1.96. The Hall–Kier alpha value is -1.89. The molecule has 0 unspecified atom stereocenters. The molecule has 0 spiro atoms. The van der Waals surface area contributed by atoms with Crippen LogP contribution in [-0.2, 0) is 0 Å². The van der Waals surface area contributed by atoms with E-state index < -0.39 is 5.97 Å². The number of rotatable bonds is 3. The van der Waals surface area contributed by atoms with E-state index in [4.69, 9.17) is 5.11 Å². The summed E-state index contributed by atoms with van der Waals surface area (Å²) >= 11 is 1.87. The first-order chi connectivity index (χ1) is 9.56. The molecule has 0 radical (unpaired) electrons. The molecular weight excluding hydrogens is 280 g/mol. The molecule has 2 rings (SSSR count). The minimum absolute atomic E-state index is 0.160. The summed E-state index contributed by atoms with van der Waals surface area (Å²) in [6.07, 6.45) is 1.88. The highest BCUT2D eigenvalue weighted by Gasteiger charge is 2.16. The van der Waals surface area contributed by atoms with Crippen LogP contribution in [-0.4, -0.2) is 39.8 Å². The quantitative estimate of drug-likeness (QED) is 0.640. The molecule has 0 aliphatic carbocycles. The minimum Gasteiger partial charge on any atom is -0.507 e. The highest BCUT2D eigenvalue weighted by molar-refractivity contribution is 7.99. The van der Waals surface area contributed by atoms with Crippen LogP contribution in [0.15, 0.2) is 18.2 Å². The maximum Gasteiger partial charge on any atom is 0.339 e. The van der Waals surface area contributed by atoms with Crippen molar-refractivity contribution in [3.05, 3.63) is 23.8 Å². The Morgan fingerprint density at radius 2 is 1.95 bits per heavy atom. The van der Waals surface area contributed by atoms with Crippen molar-refractivity contribution in [1.29, 1.82) is 0 Å². The number of aromatic carboxylic acids is 1. The summed E-state index contributed by atoms with van der Waals surface area (Å²) in [5.74, 6) is 0.504. The van der Waals surface area contributed by atoms with Crippen molar-refractivity contribution in [3.63, 3.8) is 0 Å². The third-order valence-electron chi connectivity index (χ3n) is 3.04. The minimum atomic E-state index is -1.24. The Bertz CT molecular complexity index is 515. The highest BCUT2D eigenvalue weighted by atomic mass is 32.2. The number of carbonyl (C=O) groups excluding carboxylic acids is 1. The molecule has 0 atom stereocenters. The number of carboxylic acid groups (broad SMARTS) is 1. The lowest BCUT2D eigenvalue weighted by molar-refractivity contribution is 0.0693. The standard InChI is InChI=1S/C13H16N2O4S/c16-11-2-1-9(7-10(11)12(17)18)15-13(19)14-8-3-5-20-6-4-8/h1-2,7-8,16H,3-6H2,(H,17,18)(H2,14,15,19). The molecule has 6 nitrogen and oxygen atoms in total. The average molecular weight is 296 g/mol. The maximum absolute atomic E-state index is 11.8. The number of carboxylic acids is 1. The molecule has 1 aromatic rings. The van der Waals surface area contributed by atoms with Crippen molar-refractivity contribution >= 4 is 29.4 Å². The third-order valence-corrected chi connectivity index (χ3v) is 4.09. The van der Waals surface area contributed by atoms with Crippen LogP contribution in [0.25, 0.3) is 0 Å². The number of hydrogen-bond donors (Lipinski definition) is 4. The van der Waals surface area contributed by atoms with Gasteiger partial charge in [-0.2, -0.15) is 11.8 Å². The molecule has 1 aromatic carbocycles. The molecule has 20 heavy (non-hydrogen) atoms. The van der Waals surface area contributed by atoms with E-state index in [1.54, 1.807) is 0 Å². The summed E-state index contributed by atoms with van der Waals surface area (Å²) in [6, 6.07) is 3.73. The lowest BCUT2D eigenvalue weighted by Gasteiger charge is -2.22. The number of carbonyl (C=O) groups is 2. The van der Waals surface area contributed by atoms with Crippen LogP contribution in [0, 0.1) is 0 Å². The topological polar surface area (TPSA) is 98.7 Å². The zero-order valence-electron chi connectivity index (χ0n) is 10.8. The molecular formula is C13H16N2O4S. The number of benzene rings is 1. The van der Waals surface area contributed by atoms with Gasteiger partial charge in [-0.3, -0.25) is 0 Å². The molecule has 0 aromatic heterocycles. The number of urea groups is 1. The predicted molar refractivity (Wildman–Crippen MR) is 77.6 cm³/mol.